The Morgan fingerprint density at radius 3 is 2.39 bits per heavy atom. The molecule has 1 fully saturated rings. The van der Waals surface area contributed by atoms with Gasteiger partial charge >= 0.3 is 0 Å². The van der Waals surface area contributed by atoms with Crippen LogP contribution in [0.25, 0.3) is 16.5 Å². The molecule has 0 radical (unpaired) electrons. The molecule has 7 nitrogen and oxygen atoms in total. The van der Waals surface area contributed by atoms with Gasteiger partial charge in [-0.3, -0.25) is 9.59 Å². The molecule has 3 aromatic rings. The van der Waals surface area contributed by atoms with E-state index in [-0.39, 0.29) is 11.3 Å². The van der Waals surface area contributed by atoms with Gasteiger partial charge in [0.2, 0.25) is 0 Å². The molecule has 1 aliphatic rings. The number of likely N-dealkylation sites (tertiary alicyclic amines) is 1. The van der Waals surface area contributed by atoms with Crippen LogP contribution < -0.4 is 9.47 Å². The molecule has 0 bridgehead atoms. The highest BCUT2D eigenvalue weighted by Crippen LogP contribution is 2.40. The number of benzene rings is 3. The number of carbonyl (C=O) groups excluding carboxylic acids is 2. The number of carbonyl (C=O) groups is 2. The fourth-order valence-electron chi connectivity index (χ4n) is 4.89. The van der Waals surface area contributed by atoms with Crippen LogP contribution in [0, 0.1) is 0 Å². The Morgan fingerprint density at radius 2 is 1.68 bits per heavy atom. The first-order valence-corrected chi connectivity index (χ1v) is 13.2. The van der Waals surface area contributed by atoms with Crippen molar-refractivity contribution in [1.29, 1.82) is 0 Å². The number of likely N-dealkylation sites (N-methyl/N-ethyl adjacent to an activating group) is 1. The first kappa shape index (κ1) is 27.2. The van der Waals surface area contributed by atoms with Crippen molar-refractivity contribution in [2.45, 2.75) is 33.2 Å². The van der Waals surface area contributed by atoms with E-state index in [2.05, 4.69) is 18.7 Å². The van der Waals surface area contributed by atoms with Crippen LogP contribution in [0.3, 0.4) is 0 Å². The maximum absolute atomic E-state index is 13.4. The molecule has 1 saturated heterocycles. The number of rotatable bonds is 11. The van der Waals surface area contributed by atoms with E-state index in [4.69, 9.17) is 9.47 Å². The smallest absolute Gasteiger partial charge is 0.295 e. The summed E-state index contributed by atoms with van der Waals surface area (Å²) in [5.74, 6) is -0.0658. The number of nitrogens with zero attached hydrogens (tertiary/aromatic N) is 2. The van der Waals surface area contributed by atoms with Gasteiger partial charge in [-0.25, -0.2) is 0 Å². The first-order chi connectivity index (χ1) is 18.4. The highest BCUT2D eigenvalue weighted by Gasteiger charge is 2.46. The molecule has 0 aromatic heterocycles. The summed E-state index contributed by atoms with van der Waals surface area (Å²) in [5, 5.41) is 13.3. The van der Waals surface area contributed by atoms with E-state index in [1.54, 1.807) is 18.1 Å². The van der Waals surface area contributed by atoms with E-state index in [1.807, 2.05) is 61.5 Å². The molecule has 1 heterocycles. The number of aliphatic hydroxyl groups is 1. The van der Waals surface area contributed by atoms with Crippen molar-refractivity contribution in [3.05, 3.63) is 77.4 Å². The first-order valence-electron chi connectivity index (χ1n) is 13.2. The van der Waals surface area contributed by atoms with Crippen LogP contribution in [0.2, 0.25) is 0 Å². The van der Waals surface area contributed by atoms with Crippen molar-refractivity contribution in [3.63, 3.8) is 0 Å². The molecule has 1 amide bonds. The van der Waals surface area contributed by atoms with Crippen LogP contribution in [0.5, 0.6) is 11.5 Å². The summed E-state index contributed by atoms with van der Waals surface area (Å²) in [6.07, 6.45) is 0.862. The van der Waals surface area contributed by atoms with Crippen LogP contribution in [0.15, 0.2) is 66.2 Å². The Hall–Kier alpha value is -3.84. The lowest BCUT2D eigenvalue weighted by Crippen LogP contribution is -2.38. The quantitative estimate of drug-likeness (QED) is 0.209. The standard InChI is InChI=1S/C31H36N2O5/c1-5-17-38-26-10-8-9-23(20-26)28-27(30(35)31(36)33(28)16-15-32(6-2)7-3)29(34)24-12-11-22-19-25(37-4)14-13-21(22)18-24/h8-14,18-20,28,34H,5-7,15-17H2,1-4H3/b29-27+. The van der Waals surface area contributed by atoms with E-state index < -0.39 is 17.7 Å². The zero-order chi connectivity index (χ0) is 27.2. The third-order valence-corrected chi connectivity index (χ3v) is 7.06. The maximum Gasteiger partial charge on any atom is 0.295 e. The average Bonchev–Trinajstić information content (AvgIpc) is 3.20. The molecule has 200 valence electrons. The van der Waals surface area contributed by atoms with Crippen molar-refractivity contribution in [1.82, 2.24) is 9.80 Å². The highest BCUT2D eigenvalue weighted by molar-refractivity contribution is 6.46. The number of ketones is 1. The molecular formula is C31H36N2O5. The number of fused-ring (bicyclic) bond motifs is 1. The van der Waals surface area contributed by atoms with Crippen LogP contribution in [-0.2, 0) is 9.59 Å². The average molecular weight is 517 g/mol. The van der Waals surface area contributed by atoms with Gasteiger partial charge < -0.3 is 24.4 Å². The lowest BCUT2D eigenvalue weighted by molar-refractivity contribution is -0.140. The molecule has 1 atom stereocenters. The number of Topliss-reactive ketones (excluding diaryl/α,β-unsaturated/α-hetero) is 1. The summed E-state index contributed by atoms with van der Waals surface area (Å²) < 4.78 is 11.2. The van der Waals surface area contributed by atoms with Gasteiger partial charge in [-0.1, -0.05) is 51.1 Å². The minimum Gasteiger partial charge on any atom is -0.507 e. The Kier molecular flexibility index (Phi) is 8.69. The third-order valence-electron chi connectivity index (χ3n) is 7.06. The van der Waals surface area contributed by atoms with Crippen LogP contribution >= 0.6 is 0 Å². The number of hydrogen-bond donors (Lipinski definition) is 1. The van der Waals surface area contributed by atoms with Gasteiger partial charge in [-0.15, -0.1) is 0 Å². The van der Waals surface area contributed by atoms with Gasteiger partial charge in [0.1, 0.15) is 17.3 Å². The molecule has 0 spiro atoms. The van der Waals surface area contributed by atoms with Gasteiger partial charge in [-0.05, 0) is 66.2 Å². The van der Waals surface area contributed by atoms with Crippen molar-refractivity contribution in [2.75, 3.05) is 39.9 Å². The topological polar surface area (TPSA) is 79.3 Å². The number of aliphatic hydroxyl groups excluding tert-OH is 1. The summed E-state index contributed by atoms with van der Waals surface area (Å²) >= 11 is 0. The SMILES string of the molecule is CCCOc1cccc(C2/C(=C(\O)c3ccc4cc(OC)ccc4c3)C(=O)C(=O)N2CCN(CC)CC)c1. The van der Waals surface area contributed by atoms with Crippen LogP contribution in [0.4, 0.5) is 0 Å². The molecule has 7 heteroatoms. The number of methoxy groups -OCH3 is 1. The van der Waals surface area contributed by atoms with E-state index >= 15 is 0 Å². The Morgan fingerprint density at radius 1 is 0.947 bits per heavy atom. The summed E-state index contributed by atoms with van der Waals surface area (Å²) in [4.78, 5) is 30.5. The van der Waals surface area contributed by atoms with Crippen molar-refractivity contribution < 1.29 is 24.2 Å². The molecule has 4 rings (SSSR count). The Labute approximate surface area is 224 Å². The molecule has 1 aliphatic heterocycles. The molecule has 0 aliphatic carbocycles. The lowest BCUT2D eigenvalue weighted by atomic mass is 9.94. The minimum atomic E-state index is -0.720. The normalized spacial score (nSPS) is 17.0. The largest absolute Gasteiger partial charge is 0.507 e. The van der Waals surface area contributed by atoms with Gasteiger partial charge in [-0.2, -0.15) is 0 Å². The Bertz CT molecular complexity index is 1350. The second kappa shape index (κ2) is 12.1. The van der Waals surface area contributed by atoms with Crippen molar-refractivity contribution in [3.8, 4) is 11.5 Å². The highest BCUT2D eigenvalue weighted by atomic mass is 16.5. The minimum absolute atomic E-state index is 0.0926. The molecule has 38 heavy (non-hydrogen) atoms. The van der Waals surface area contributed by atoms with E-state index in [0.29, 0.717) is 31.0 Å². The second-order valence-electron chi connectivity index (χ2n) is 9.37. The van der Waals surface area contributed by atoms with E-state index in [1.165, 1.54) is 0 Å². The summed E-state index contributed by atoms with van der Waals surface area (Å²) in [6.45, 7) is 9.41. The number of ether oxygens (including phenoxy) is 2. The van der Waals surface area contributed by atoms with Crippen LogP contribution in [-0.4, -0.2) is 66.5 Å². The Balaban J connectivity index is 1.81. The maximum atomic E-state index is 13.4. The monoisotopic (exact) mass is 516 g/mol. The summed E-state index contributed by atoms with van der Waals surface area (Å²) in [7, 11) is 1.61. The predicted octanol–water partition coefficient (Wildman–Crippen LogP) is 5.40. The third kappa shape index (κ3) is 5.53. The van der Waals surface area contributed by atoms with Gasteiger partial charge in [0.05, 0.1) is 25.3 Å². The van der Waals surface area contributed by atoms with Gasteiger partial charge in [0, 0.05) is 18.7 Å². The number of amides is 1. The number of hydrogen-bond acceptors (Lipinski definition) is 6. The van der Waals surface area contributed by atoms with Gasteiger partial charge in [0.15, 0.2) is 0 Å². The predicted molar refractivity (Wildman–Crippen MR) is 150 cm³/mol. The van der Waals surface area contributed by atoms with Crippen molar-refractivity contribution >= 4 is 28.2 Å². The molecular weight excluding hydrogens is 480 g/mol. The second-order valence-corrected chi connectivity index (χ2v) is 9.37. The molecule has 0 saturated carbocycles. The van der Waals surface area contributed by atoms with Crippen LogP contribution in [0.1, 0.15) is 44.4 Å². The van der Waals surface area contributed by atoms with Crippen molar-refractivity contribution in [2.24, 2.45) is 0 Å². The van der Waals surface area contributed by atoms with E-state index in [0.717, 1.165) is 41.6 Å². The molecule has 3 aromatic carbocycles. The summed E-state index contributed by atoms with van der Waals surface area (Å²) in [5.41, 5.74) is 1.30. The lowest BCUT2D eigenvalue weighted by Gasteiger charge is -2.28. The van der Waals surface area contributed by atoms with Gasteiger partial charge in [0.25, 0.3) is 11.7 Å². The summed E-state index contributed by atoms with van der Waals surface area (Å²) in [6, 6.07) is 17.8. The fraction of sp³-hybridized carbons (Fsp3) is 0.355. The molecule has 1 unspecified atom stereocenters. The zero-order valence-electron chi connectivity index (χ0n) is 22.6. The molecule has 1 N–H and O–H groups in total. The fourth-order valence-corrected chi connectivity index (χ4v) is 4.89. The zero-order valence-corrected chi connectivity index (χ0v) is 22.6. The van der Waals surface area contributed by atoms with E-state index in [9.17, 15) is 14.7 Å².